The van der Waals surface area contributed by atoms with E-state index >= 15 is 0 Å². The second-order valence-corrected chi connectivity index (χ2v) is 13.5. The lowest BCUT2D eigenvalue weighted by atomic mass is 9.94. The van der Waals surface area contributed by atoms with Crippen LogP contribution in [-0.2, 0) is 38.3 Å². The summed E-state index contributed by atoms with van der Waals surface area (Å²) in [5.41, 5.74) is 2.61. The lowest BCUT2D eigenvalue weighted by molar-refractivity contribution is -0.213. The van der Waals surface area contributed by atoms with Gasteiger partial charge in [0.15, 0.2) is 0 Å². The van der Waals surface area contributed by atoms with Crippen LogP contribution >= 0.6 is 7.82 Å². The minimum atomic E-state index is -4.76. The van der Waals surface area contributed by atoms with E-state index in [2.05, 4.69) is 6.58 Å². The van der Waals surface area contributed by atoms with Crippen LogP contribution in [0.25, 0.3) is 10.8 Å². The van der Waals surface area contributed by atoms with Crippen molar-refractivity contribution in [2.75, 3.05) is 13.1 Å². The predicted molar refractivity (Wildman–Crippen MR) is 185 cm³/mol. The molecule has 0 saturated carbocycles. The topological polar surface area (TPSA) is 131 Å². The molecule has 254 valence electrons. The second-order valence-electron chi connectivity index (χ2n) is 12.4. The molecule has 0 bridgehead atoms. The third-order valence-electron chi connectivity index (χ3n) is 9.14. The van der Waals surface area contributed by atoms with E-state index in [-0.39, 0.29) is 55.9 Å². The minimum Gasteiger partial charge on any atom is -0.404 e. The Morgan fingerprint density at radius 3 is 2.35 bits per heavy atom. The van der Waals surface area contributed by atoms with Gasteiger partial charge in [0.1, 0.15) is 18.0 Å². The van der Waals surface area contributed by atoms with Crippen molar-refractivity contribution < 1.29 is 33.3 Å². The smallest absolute Gasteiger partial charge is 0.404 e. The minimum absolute atomic E-state index is 0.0274. The summed E-state index contributed by atoms with van der Waals surface area (Å²) in [6.07, 6.45) is 1.69. The number of fused-ring (bicyclic) bond motifs is 2. The summed E-state index contributed by atoms with van der Waals surface area (Å²) in [4.78, 5) is 64.6. The van der Waals surface area contributed by atoms with Crippen molar-refractivity contribution in [3.63, 3.8) is 0 Å². The first-order chi connectivity index (χ1) is 23.5. The van der Waals surface area contributed by atoms with E-state index in [1.165, 1.54) is 12.1 Å². The molecule has 4 aromatic rings. The molecule has 0 aromatic heterocycles. The molecule has 0 aliphatic carbocycles. The first kappa shape index (κ1) is 34.1. The van der Waals surface area contributed by atoms with Crippen molar-refractivity contribution >= 4 is 36.3 Å². The Morgan fingerprint density at radius 2 is 1.63 bits per heavy atom. The number of amides is 3. The van der Waals surface area contributed by atoms with Crippen molar-refractivity contribution in [1.82, 2.24) is 19.8 Å². The second kappa shape index (κ2) is 14.4. The Balaban J connectivity index is 1.39. The molecule has 6 rings (SSSR count). The highest BCUT2D eigenvalue weighted by molar-refractivity contribution is 7.46. The van der Waals surface area contributed by atoms with Gasteiger partial charge in [0.05, 0.1) is 12.6 Å². The number of carbonyl (C=O) groups excluding carboxylic acids is 3. The van der Waals surface area contributed by atoms with Crippen LogP contribution in [0.5, 0.6) is 5.75 Å². The maximum absolute atomic E-state index is 14.6. The molecular formula is C37H39N4O7P. The van der Waals surface area contributed by atoms with Gasteiger partial charge >= 0.3 is 7.82 Å². The zero-order valence-electron chi connectivity index (χ0n) is 27.2. The number of phosphoric ester groups is 1. The molecule has 2 N–H and O–H groups in total. The van der Waals surface area contributed by atoms with Crippen LogP contribution < -0.4 is 4.52 Å². The van der Waals surface area contributed by atoms with Crippen molar-refractivity contribution in [1.29, 1.82) is 0 Å². The molecule has 2 aliphatic rings. The number of carbonyl (C=O) groups is 3. The molecule has 0 radical (unpaired) electrons. The lowest BCUT2D eigenvalue weighted by Crippen LogP contribution is -2.78. The van der Waals surface area contributed by atoms with E-state index in [0.717, 1.165) is 21.9 Å². The fraction of sp³-hybridized carbons (Fsp3) is 0.270. The Labute approximate surface area is 285 Å². The monoisotopic (exact) mass is 682 g/mol. The summed E-state index contributed by atoms with van der Waals surface area (Å²) in [5.74, 6) is -0.734. The van der Waals surface area contributed by atoms with Gasteiger partial charge < -0.3 is 14.3 Å². The van der Waals surface area contributed by atoms with Gasteiger partial charge in [-0.15, -0.1) is 6.58 Å². The van der Waals surface area contributed by atoms with E-state index in [1.807, 2.05) is 79.7 Å². The quantitative estimate of drug-likeness (QED) is 0.172. The molecular weight excluding hydrogens is 643 g/mol. The Bertz CT molecular complexity index is 1890. The number of hydrazine groups is 1. The van der Waals surface area contributed by atoms with Gasteiger partial charge in [-0.1, -0.05) is 91.0 Å². The average molecular weight is 683 g/mol. The molecule has 4 aromatic carbocycles. The van der Waals surface area contributed by atoms with Crippen LogP contribution in [0.3, 0.4) is 0 Å². The third kappa shape index (κ3) is 7.45. The first-order valence-electron chi connectivity index (χ1n) is 16.2. The summed E-state index contributed by atoms with van der Waals surface area (Å²) in [6, 6.07) is 28.2. The van der Waals surface area contributed by atoms with E-state index in [1.54, 1.807) is 38.0 Å². The predicted octanol–water partition coefficient (Wildman–Crippen LogP) is 4.69. The highest BCUT2D eigenvalue weighted by Crippen LogP contribution is 2.38. The van der Waals surface area contributed by atoms with Crippen LogP contribution in [-0.4, -0.2) is 78.7 Å². The number of rotatable bonds is 11. The maximum Gasteiger partial charge on any atom is 0.524 e. The third-order valence-corrected chi connectivity index (χ3v) is 9.58. The van der Waals surface area contributed by atoms with Crippen LogP contribution in [0.2, 0.25) is 0 Å². The van der Waals surface area contributed by atoms with E-state index < -0.39 is 26.1 Å². The average Bonchev–Trinajstić information content (AvgIpc) is 3.08. The molecule has 2 heterocycles. The molecule has 2 fully saturated rings. The van der Waals surface area contributed by atoms with Gasteiger partial charge in [0.25, 0.3) is 0 Å². The number of benzene rings is 4. The van der Waals surface area contributed by atoms with E-state index in [4.69, 9.17) is 4.52 Å². The van der Waals surface area contributed by atoms with Gasteiger partial charge in [0.2, 0.25) is 17.7 Å². The molecule has 2 aliphatic heterocycles. The van der Waals surface area contributed by atoms with Gasteiger partial charge in [-0.05, 0) is 52.9 Å². The molecule has 3 atom stereocenters. The molecule has 0 spiro atoms. The molecule has 12 heteroatoms. The van der Waals surface area contributed by atoms with Crippen molar-refractivity contribution in [2.24, 2.45) is 0 Å². The van der Waals surface area contributed by atoms with E-state index in [0.29, 0.717) is 12.0 Å². The number of piperazine rings is 1. The highest BCUT2D eigenvalue weighted by Gasteiger charge is 2.54. The highest BCUT2D eigenvalue weighted by atomic mass is 31.2. The SMILES string of the molecule is C=CCN1CC(=O)N2C(Cc3ccc(OP(=O)(O)O)cc3)C(=O)N(Cc3cccc4ccccc34)C(C)C2N1C(=O)CCc1ccccc1. The van der Waals surface area contributed by atoms with Crippen LogP contribution in [0.1, 0.15) is 30.0 Å². The number of hydrogen-bond acceptors (Lipinski definition) is 6. The summed E-state index contributed by atoms with van der Waals surface area (Å²) in [5, 5.41) is 5.42. The Kier molecular flexibility index (Phi) is 9.99. The molecule has 11 nitrogen and oxygen atoms in total. The van der Waals surface area contributed by atoms with Crippen molar-refractivity contribution in [3.8, 4) is 5.75 Å². The fourth-order valence-corrected chi connectivity index (χ4v) is 7.30. The first-order valence-corrected chi connectivity index (χ1v) is 17.7. The van der Waals surface area contributed by atoms with Crippen LogP contribution in [0.4, 0.5) is 0 Å². The van der Waals surface area contributed by atoms with E-state index in [9.17, 15) is 28.7 Å². The van der Waals surface area contributed by atoms with Crippen LogP contribution in [0.15, 0.2) is 110 Å². The Morgan fingerprint density at radius 1 is 0.939 bits per heavy atom. The Hall–Kier alpha value is -4.80. The lowest BCUT2D eigenvalue weighted by Gasteiger charge is -2.58. The summed E-state index contributed by atoms with van der Waals surface area (Å²) in [7, 11) is -4.76. The summed E-state index contributed by atoms with van der Waals surface area (Å²) < 4.78 is 16.1. The van der Waals surface area contributed by atoms with Crippen molar-refractivity contribution in [3.05, 3.63) is 126 Å². The summed E-state index contributed by atoms with van der Waals surface area (Å²) in [6.45, 7) is 6.18. The molecule has 49 heavy (non-hydrogen) atoms. The number of nitrogens with zero attached hydrogens (tertiary/aromatic N) is 4. The van der Waals surface area contributed by atoms with Crippen LogP contribution in [0, 0.1) is 0 Å². The number of hydrogen-bond donors (Lipinski definition) is 2. The number of aryl methyl sites for hydroxylation is 1. The number of phosphoric acid groups is 1. The zero-order chi connectivity index (χ0) is 34.7. The summed E-state index contributed by atoms with van der Waals surface area (Å²) >= 11 is 0. The fourth-order valence-electron chi connectivity index (χ4n) is 6.90. The van der Waals surface area contributed by atoms with Gasteiger partial charge in [-0.25, -0.2) is 14.6 Å². The standard InChI is InChI=1S/C37H39N4O7P/c1-3-22-38-25-35(43)40-33(23-28-16-19-31(20-17-28)48-49(45,46)47)37(44)39(24-30-14-9-13-29-12-7-8-15-32(29)30)26(2)36(40)41(38)34(42)21-18-27-10-5-4-6-11-27/h3-17,19-20,26,33,36H,1,18,21-25H2,2H3,(H2,45,46,47). The largest absolute Gasteiger partial charge is 0.524 e. The maximum atomic E-state index is 14.6. The molecule has 3 amide bonds. The molecule has 3 unspecified atom stereocenters. The van der Waals surface area contributed by atoms with Gasteiger partial charge in [-0.2, -0.15) is 0 Å². The van der Waals surface area contributed by atoms with Crippen molar-refractivity contribution in [2.45, 2.75) is 51.0 Å². The van der Waals surface area contributed by atoms with Gasteiger partial charge in [0, 0.05) is 25.9 Å². The zero-order valence-corrected chi connectivity index (χ0v) is 28.1. The normalized spacial score (nSPS) is 20.0. The van der Waals surface area contributed by atoms with Gasteiger partial charge in [-0.3, -0.25) is 24.2 Å². The molecule has 2 saturated heterocycles.